The van der Waals surface area contributed by atoms with Gasteiger partial charge >= 0.3 is 5.97 Å². The number of aromatic nitrogens is 2. The Balaban J connectivity index is 1.32. The Hall–Kier alpha value is -3.37. The zero-order valence-corrected chi connectivity index (χ0v) is 20.4. The Labute approximate surface area is 207 Å². The maximum Gasteiger partial charge on any atom is 0.325 e. The normalized spacial score (nSPS) is 14.1. The zero-order chi connectivity index (χ0) is 24.6. The van der Waals surface area contributed by atoms with Crippen molar-refractivity contribution in [1.29, 1.82) is 0 Å². The second-order valence-electron chi connectivity index (χ2n) is 8.05. The van der Waals surface area contributed by atoms with Crippen LogP contribution in [0, 0.1) is 0 Å². The number of para-hydroxylation sites is 2. The number of amides is 1. The van der Waals surface area contributed by atoms with Gasteiger partial charge in [-0.05, 0) is 24.3 Å². The maximum atomic E-state index is 13.0. The lowest BCUT2D eigenvalue weighted by Gasteiger charge is -2.34. The number of esters is 1. The molecule has 2 aromatic carbocycles. The molecule has 1 amide bonds. The van der Waals surface area contributed by atoms with Crippen molar-refractivity contribution in [1.82, 2.24) is 19.4 Å². The zero-order valence-electron chi connectivity index (χ0n) is 19.6. The Morgan fingerprint density at radius 2 is 1.71 bits per heavy atom. The molecule has 10 heteroatoms. The molecule has 0 radical (unpaired) electrons. The molecule has 2 heterocycles. The highest BCUT2D eigenvalue weighted by Gasteiger charge is 2.22. The average molecular weight is 497 g/mol. The van der Waals surface area contributed by atoms with Gasteiger partial charge in [-0.2, -0.15) is 0 Å². The number of rotatable bonds is 9. The van der Waals surface area contributed by atoms with Gasteiger partial charge in [0.1, 0.15) is 18.9 Å². The van der Waals surface area contributed by atoms with Gasteiger partial charge < -0.3 is 14.4 Å². The molecule has 0 atom stereocenters. The number of methoxy groups -OCH3 is 1. The van der Waals surface area contributed by atoms with Crippen molar-refractivity contribution in [2.75, 3.05) is 52.2 Å². The first-order chi connectivity index (χ1) is 17.0. The minimum Gasteiger partial charge on any atom is -0.492 e. The molecule has 0 bridgehead atoms. The quantitative estimate of drug-likeness (QED) is 0.252. The molecule has 1 fully saturated rings. The molecule has 1 aliphatic rings. The lowest BCUT2D eigenvalue weighted by atomic mass is 10.2. The Bertz CT molecular complexity index is 1230. The van der Waals surface area contributed by atoms with Gasteiger partial charge in [-0.15, -0.1) is 0 Å². The number of piperazine rings is 1. The fraction of sp³-hybridized carbons (Fsp3) is 0.360. The van der Waals surface area contributed by atoms with Crippen molar-refractivity contribution < 1.29 is 19.1 Å². The van der Waals surface area contributed by atoms with Crippen molar-refractivity contribution in [3.05, 3.63) is 65.0 Å². The third kappa shape index (κ3) is 6.40. The van der Waals surface area contributed by atoms with Crippen molar-refractivity contribution in [2.45, 2.75) is 11.7 Å². The van der Waals surface area contributed by atoms with Crippen LogP contribution in [0.15, 0.2) is 64.5 Å². The van der Waals surface area contributed by atoms with E-state index in [1.54, 1.807) is 24.3 Å². The first-order valence-corrected chi connectivity index (χ1v) is 12.4. The summed E-state index contributed by atoms with van der Waals surface area (Å²) in [6.07, 6.45) is 0. The summed E-state index contributed by atoms with van der Waals surface area (Å²) in [5.41, 5.74) is 0.196. The Kier molecular flexibility index (Phi) is 8.38. The van der Waals surface area contributed by atoms with Crippen LogP contribution >= 0.6 is 11.8 Å². The molecule has 0 aliphatic carbocycles. The third-order valence-electron chi connectivity index (χ3n) is 5.81. The second kappa shape index (κ2) is 11.9. The van der Waals surface area contributed by atoms with Gasteiger partial charge in [0.15, 0.2) is 5.16 Å². The van der Waals surface area contributed by atoms with Gasteiger partial charge in [0.25, 0.3) is 5.56 Å². The second-order valence-corrected chi connectivity index (χ2v) is 8.99. The van der Waals surface area contributed by atoms with E-state index in [1.165, 1.54) is 11.7 Å². The molecular weight excluding hydrogens is 468 g/mol. The molecular formula is C25H28N4O5S. The van der Waals surface area contributed by atoms with Crippen molar-refractivity contribution in [3.63, 3.8) is 0 Å². The fourth-order valence-corrected chi connectivity index (χ4v) is 4.74. The standard InChI is InChI=1S/C25H28N4O5S/c1-33-23(31)17-29-24(32)20-9-5-6-10-21(20)26-25(29)35-18-22(30)28-13-11-27(12-14-28)15-16-34-19-7-3-2-4-8-19/h2-10H,11-18H2,1H3. The van der Waals surface area contributed by atoms with Crippen LogP contribution in [-0.2, 0) is 20.9 Å². The molecule has 0 unspecified atom stereocenters. The number of nitrogens with zero attached hydrogens (tertiary/aromatic N) is 4. The van der Waals surface area contributed by atoms with Crippen LogP contribution in [0.3, 0.4) is 0 Å². The summed E-state index contributed by atoms with van der Waals surface area (Å²) in [5, 5.41) is 0.739. The first kappa shape index (κ1) is 24.7. The van der Waals surface area contributed by atoms with Crippen molar-refractivity contribution >= 4 is 34.5 Å². The van der Waals surface area contributed by atoms with Gasteiger partial charge in [0, 0.05) is 32.7 Å². The maximum absolute atomic E-state index is 13.0. The number of hydrogen-bond acceptors (Lipinski definition) is 8. The van der Waals surface area contributed by atoms with E-state index < -0.39 is 5.97 Å². The van der Waals surface area contributed by atoms with Crippen LogP contribution in [0.5, 0.6) is 5.75 Å². The summed E-state index contributed by atoms with van der Waals surface area (Å²) in [6.45, 7) is 3.94. The summed E-state index contributed by atoms with van der Waals surface area (Å²) < 4.78 is 11.8. The van der Waals surface area contributed by atoms with Crippen molar-refractivity contribution in [2.24, 2.45) is 0 Å². The highest BCUT2D eigenvalue weighted by molar-refractivity contribution is 7.99. The van der Waals surface area contributed by atoms with E-state index in [0.717, 1.165) is 37.1 Å². The summed E-state index contributed by atoms with van der Waals surface area (Å²) >= 11 is 1.16. The van der Waals surface area contributed by atoms with E-state index in [0.29, 0.717) is 35.8 Å². The minimum absolute atomic E-state index is 0.0257. The van der Waals surface area contributed by atoms with Gasteiger partial charge in [-0.3, -0.25) is 23.9 Å². The lowest BCUT2D eigenvalue weighted by molar-refractivity contribution is -0.141. The van der Waals surface area contributed by atoms with E-state index in [1.807, 2.05) is 35.2 Å². The van der Waals surface area contributed by atoms with Crippen LogP contribution in [0.1, 0.15) is 0 Å². The van der Waals surface area contributed by atoms with Crippen LogP contribution in [0.4, 0.5) is 0 Å². The summed E-state index contributed by atoms with van der Waals surface area (Å²) in [6, 6.07) is 16.7. The van der Waals surface area contributed by atoms with Crippen LogP contribution < -0.4 is 10.3 Å². The van der Waals surface area contributed by atoms with Crippen LogP contribution in [0.2, 0.25) is 0 Å². The number of carbonyl (C=O) groups excluding carboxylic acids is 2. The van der Waals surface area contributed by atoms with Gasteiger partial charge in [0.05, 0.1) is 23.8 Å². The summed E-state index contributed by atoms with van der Waals surface area (Å²) in [7, 11) is 1.27. The molecule has 0 saturated carbocycles. The third-order valence-corrected chi connectivity index (χ3v) is 6.77. The highest BCUT2D eigenvalue weighted by atomic mass is 32.2. The first-order valence-electron chi connectivity index (χ1n) is 11.4. The predicted molar refractivity (Wildman–Crippen MR) is 134 cm³/mol. The molecule has 0 N–H and O–H groups in total. The monoisotopic (exact) mass is 496 g/mol. The van der Waals surface area contributed by atoms with E-state index in [2.05, 4.69) is 9.88 Å². The molecule has 1 aromatic heterocycles. The number of ether oxygens (including phenoxy) is 2. The van der Waals surface area contributed by atoms with Crippen molar-refractivity contribution in [3.8, 4) is 5.75 Å². The summed E-state index contributed by atoms with van der Waals surface area (Å²) in [5.74, 6) is 0.404. The predicted octanol–water partition coefficient (Wildman–Crippen LogP) is 1.88. The minimum atomic E-state index is -0.551. The number of thioether (sulfide) groups is 1. The van der Waals surface area contributed by atoms with E-state index >= 15 is 0 Å². The van der Waals surface area contributed by atoms with Gasteiger partial charge in [0.2, 0.25) is 5.91 Å². The molecule has 1 saturated heterocycles. The molecule has 3 aromatic rings. The molecule has 4 rings (SSSR count). The smallest absolute Gasteiger partial charge is 0.325 e. The van der Waals surface area contributed by atoms with Crippen LogP contribution in [-0.4, -0.2) is 83.4 Å². The van der Waals surface area contributed by atoms with Gasteiger partial charge in [-0.25, -0.2) is 4.98 Å². The number of carbonyl (C=O) groups is 2. The topological polar surface area (TPSA) is 94.0 Å². The highest BCUT2D eigenvalue weighted by Crippen LogP contribution is 2.19. The fourth-order valence-electron chi connectivity index (χ4n) is 3.84. The number of benzene rings is 2. The Morgan fingerprint density at radius 1 is 1.00 bits per heavy atom. The molecule has 0 spiro atoms. The van der Waals surface area contributed by atoms with E-state index in [9.17, 15) is 14.4 Å². The number of fused-ring (bicyclic) bond motifs is 1. The largest absolute Gasteiger partial charge is 0.492 e. The average Bonchev–Trinajstić information content (AvgIpc) is 2.90. The van der Waals surface area contributed by atoms with Crippen LogP contribution in [0.25, 0.3) is 10.9 Å². The molecule has 9 nitrogen and oxygen atoms in total. The molecule has 1 aliphatic heterocycles. The summed E-state index contributed by atoms with van der Waals surface area (Å²) in [4.78, 5) is 46.3. The molecule has 35 heavy (non-hydrogen) atoms. The lowest BCUT2D eigenvalue weighted by Crippen LogP contribution is -2.50. The Morgan fingerprint density at radius 3 is 2.46 bits per heavy atom. The van der Waals surface area contributed by atoms with E-state index in [-0.39, 0.29) is 23.8 Å². The number of hydrogen-bond donors (Lipinski definition) is 0. The van der Waals surface area contributed by atoms with E-state index in [4.69, 9.17) is 9.47 Å². The SMILES string of the molecule is COC(=O)Cn1c(SCC(=O)N2CCN(CCOc3ccccc3)CC2)nc2ccccc2c1=O. The molecule has 184 valence electrons. The van der Waals surface area contributed by atoms with Gasteiger partial charge in [-0.1, -0.05) is 42.1 Å².